The number of benzene rings is 1. The zero-order valence-electron chi connectivity index (χ0n) is 10.4. The fraction of sp³-hybridized carbons (Fsp3) is 0.417. The molecular weight excluding hydrogens is 270 g/mol. The van der Waals surface area contributed by atoms with Crippen molar-refractivity contribution in [1.29, 1.82) is 0 Å². The number of nitro benzene ring substituents is 1. The van der Waals surface area contributed by atoms with Crippen molar-refractivity contribution in [3.05, 3.63) is 32.8 Å². The number of carbonyl (C=O) groups is 1. The lowest BCUT2D eigenvalue weighted by atomic mass is 9.78. The monoisotopic (exact) mass is 283 g/mol. The average Bonchev–Trinajstić information content (AvgIpc) is 2.29. The molecule has 102 valence electrons. The summed E-state index contributed by atoms with van der Waals surface area (Å²) in [4.78, 5) is 22.2. The Balaban J connectivity index is 2.29. The van der Waals surface area contributed by atoms with Crippen molar-refractivity contribution in [3.8, 4) is 0 Å². The van der Waals surface area contributed by atoms with Gasteiger partial charge in [-0.1, -0.05) is 11.6 Å². The molecule has 0 radical (unpaired) electrons. The minimum absolute atomic E-state index is 0.0121. The third kappa shape index (κ3) is 2.63. The van der Waals surface area contributed by atoms with Gasteiger partial charge in [-0.05, 0) is 32.3 Å². The van der Waals surface area contributed by atoms with E-state index in [1.165, 1.54) is 6.07 Å². The van der Waals surface area contributed by atoms with Crippen molar-refractivity contribution in [1.82, 2.24) is 5.32 Å². The smallest absolute Gasteiger partial charge is 0.294 e. The van der Waals surface area contributed by atoms with Crippen molar-refractivity contribution in [2.75, 3.05) is 5.73 Å². The van der Waals surface area contributed by atoms with Crippen LogP contribution in [0, 0.1) is 10.1 Å². The molecule has 3 N–H and O–H groups in total. The molecule has 1 aliphatic rings. The standard InChI is InChI=1S/C12H14ClN3O3/c1-12(3-2-4-12)15-11(17)7-5-8(13)10(14)9(6-7)16(18)19/h5-6H,2-4,14H2,1H3,(H,15,17). The summed E-state index contributed by atoms with van der Waals surface area (Å²) in [6.07, 6.45) is 2.88. The lowest BCUT2D eigenvalue weighted by Gasteiger charge is -2.39. The van der Waals surface area contributed by atoms with Gasteiger partial charge in [-0.15, -0.1) is 0 Å². The zero-order valence-corrected chi connectivity index (χ0v) is 11.2. The highest BCUT2D eigenvalue weighted by molar-refractivity contribution is 6.34. The molecule has 19 heavy (non-hydrogen) atoms. The normalized spacial score (nSPS) is 16.5. The Bertz CT molecular complexity index is 555. The van der Waals surface area contributed by atoms with Gasteiger partial charge < -0.3 is 11.1 Å². The van der Waals surface area contributed by atoms with Gasteiger partial charge in [0, 0.05) is 17.2 Å². The number of nitrogens with zero attached hydrogens (tertiary/aromatic N) is 1. The average molecular weight is 284 g/mol. The summed E-state index contributed by atoms with van der Waals surface area (Å²) in [5, 5.41) is 13.7. The Morgan fingerprint density at radius 2 is 2.16 bits per heavy atom. The Morgan fingerprint density at radius 3 is 2.63 bits per heavy atom. The molecule has 7 heteroatoms. The van der Waals surface area contributed by atoms with Crippen LogP contribution in [0.4, 0.5) is 11.4 Å². The van der Waals surface area contributed by atoms with Crippen molar-refractivity contribution >= 4 is 28.9 Å². The molecule has 0 unspecified atom stereocenters. The number of carbonyl (C=O) groups excluding carboxylic acids is 1. The van der Waals surface area contributed by atoms with E-state index >= 15 is 0 Å². The van der Waals surface area contributed by atoms with Crippen LogP contribution in [0.5, 0.6) is 0 Å². The SMILES string of the molecule is CC1(NC(=O)c2cc(Cl)c(N)c([N+](=O)[O-])c2)CCC1. The van der Waals surface area contributed by atoms with Crippen molar-refractivity contribution < 1.29 is 9.72 Å². The van der Waals surface area contributed by atoms with Crippen LogP contribution in [0.2, 0.25) is 5.02 Å². The molecule has 0 spiro atoms. The number of hydrogen-bond donors (Lipinski definition) is 2. The van der Waals surface area contributed by atoms with Crippen LogP contribution in [0.1, 0.15) is 36.5 Å². The zero-order chi connectivity index (χ0) is 14.2. The first kappa shape index (κ1) is 13.6. The fourth-order valence-corrected chi connectivity index (χ4v) is 2.28. The van der Waals surface area contributed by atoms with Crippen molar-refractivity contribution in [3.63, 3.8) is 0 Å². The molecule has 0 bridgehead atoms. The van der Waals surface area contributed by atoms with Crippen LogP contribution in [-0.2, 0) is 0 Å². The van der Waals surface area contributed by atoms with Crippen LogP contribution >= 0.6 is 11.6 Å². The lowest BCUT2D eigenvalue weighted by molar-refractivity contribution is -0.383. The molecule has 0 aliphatic heterocycles. The summed E-state index contributed by atoms with van der Waals surface area (Å²) in [6, 6.07) is 2.50. The summed E-state index contributed by atoms with van der Waals surface area (Å²) in [5.74, 6) is -0.368. The maximum Gasteiger partial charge on any atom is 0.294 e. The summed E-state index contributed by atoms with van der Waals surface area (Å²) >= 11 is 5.82. The van der Waals surface area contributed by atoms with Gasteiger partial charge >= 0.3 is 0 Å². The first-order valence-electron chi connectivity index (χ1n) is 5.88. The minimum Gasteiger partial charge on any atom is -0.392 e. The van der Waals surface area contributed by atoms with Crippen LogP contribution in [0.25, 0.3) is 0 Å². The van der Waals surface area contributed by atoms with E-state index in [9.17, 15) is 14.9 Å². The maximum absolute atomic E-state index is 12.1. The van der Waals surface area contributed by atoms with Gasteiger partial charge in [-0.2, -0.15) is 0 Å². The maximum atomic E-state index is 12.1. The molecule has 1 amide bonds. The van der Waals surface area contributed by atoms with Gasteiger partial charge in [0.15, 0.2) is 0 Å². The number of halogens is 1. The number of nitro groups is 1. The van der Waals surface area contributed by atoms with E-state index in [1.54, 1.807) is 0 Å². The topological polar surface area (TPSA) is 98.3 Å². The van der Waals surface area contributed by atoms with Gasteiger partial charge in [0.25, 0.3) is 11.6 Å². The number of hydrogen-bond acceptors (Lipinski definition) is 4. The summed E-state index contributed by atoms with van der Waals surface area (Å²) in [7, 11) is 0. The van der Waals surface area contributed by atoms with Gasteiger partial charge in [-0.3, -0.25) is 14.9 Å². The predicted octanol–water partition coefficient (Wildman–Crippen LogP) is 2.50. The molecule has 1 fully saturated rings. The summed E-state index contributed by atoms with van der Waals surface area (Å²) in [6.45, 7) is 1.95. The second-order valence-corrected chi connectivity index (χ2v) is 5.42. The molecule has 1 aliphatic carbocycles. The van der Waals surface area contributed by atoms with E-state index in [1.807, 2.05) is 6.92 Å². The number of anilines is 1. The molecule has 0 atom stereocenters. The number of nitrogens with two attached hydrogens (primary N) is 1. The summed E-state index contributed by atoms with van der Waals surface area (Å²) < 4.78 is 0. The molecule has 2 rings (SSSR count). The van der Waals surface area contributed by atoms with Gasteiger partial charge in [0.2, 0.25) is 0 Å². The number of amides is 1. The van der Waals surface area contributed by atoms with E-state index in [0.717, 1.165) is 25.3 Å². The second kappa shape index (κ2) is 4.70. The van der Waals surface area contributed by atoms with Crippen LogP contribution < -0.4 is 11.1 Å². The highest BCUT2D eigenvalue weighted by Crippen LogP contribution is 2.33. The first-order valence-corrected chi connectivity index (χ1v) is 6.26. The van der Waals surface area contributed by atoms with Crippen molar-refractivity contribution in [2.24, 2.45) is 0 Å². The Hall–Kier alpha value is -1.82. The number of nitrogens with one attached hydrogen (secondary N) is 1. The van der Waals surface area contributed by atoms with E-state index in [0.29, 0.717) is 0 Å². The Kier molecular flexibility index (Phi) is 3.36. The van der Waals surface area contributed by atoms with Gasteiger partial charge in [0.05, 0.1) is 9.95 Å². The first-order chi connectivity index (χ1) is 8.82. The second-order valence-electron chi connectivity index (χ2n) is 5.02. The van der Waals surface area contributed by atoms with E-state index in [4.69, 9.17) is 17.3 Å². The quantitative estimate of drug-likeness (QED) is 0.506. The third-order valence-electron chi connectivity index (χ3n) is 3.44. The van der Waals surface area contributed by atoms with E-state index in [2.05, 4.69) is 5.32 Å². The third-order valence-corrected chi connectivity index (χ3v) is 3.75. The van der Waals surface area contributed by atoms with Crippen LogP contribution in [0.3, 0.4) is 0 Å². The molecular formula is C12H14ClN3O3. The van der Waals surface area contributed by atoms with Gasteiger partial charge in [0.1, 0.15) is 5.69 Å². The van der Waals surface area contributed by atoms with Crippen LogP contribution in [-0.4, -0.2) is 16.4 Å². The van der Waals surface area contributed by atoms with Gasteiger partial charge in [-0.25, -0.2) is 0 Å². The van der Waals surface area contributed by atoms with Crippen LogP contribution in [0.15, 0.2) is 12.1 Å². The fourth-order valence-electron chi connectivity index (χ4n) is 2.06. The Morgan fingerprint density at radius 1 is 1.53 bits per heavy atom. The highest BCUT2D eigenvalue weighted by atomic mass is 35.5. The lowest BCUT2D eigenvalue weighted by Crippen LogP contribution is -2.50. The minimum atomic E-state index is -0.650. The number of nitrogen functional groups attached to an aromatic ring is 1. The molecule has 0 saturated heterocycles. The summed E-state index contributed by atoms with van der Waals surface area (Å²) in [5.41, 5.74) is 4.96. The molecule has 1 saturated carbocycles. The predicted molar refractivity (Wildman–Crippen MR) is 72.2 cm³/mol. The van der Waals surface area contributed by atoms with E-state index in [-0.39, 0.29) is 33.4 Å². The molecule has 1 aromatic rings. The molecule has 0 aromatic heterocycles. The Labute approximate surface area is 115 Å². The largest absolute Gasteiger partial charge is 0.392 e. The molecule has 1 aromatic carbocycles. The highest BCUT2D eigenvalue weighted by Gasteiger charge is 2.33. The molecule has 6 nitrogen and oxygen atoms in total. The molecule has 0 heterocycles. The van der Waals surface area contributed by atoms with E-state index < -0.39 is 4.92 Å². The van der Waals surface area contributed by atoms with Crippen molar-refractivity contribution in [2.45, 2.75) is 31.7 Å². The number of rotatable bonds is 3.